The normalized spacial score (nSPS) is 20.8. The van der Waals surface area contributed by atoms with Crippen LogP contribution < -0.4 is 4.74 Å². The molecule has 0 bridgehead atoms. The molecule has 6 heteroatoms. The van der Waals surface area contributed by atoms with E-state index < -0.39 is 0 Å². The number of hydrogen-bond donors (Lipinski definition) is 0. The standard InChI is InChI=1S/C26H29FN2O3/c27-22-8-4-6-20(18-22)11-12-26(31)29-15-5-7-21-19-28(16-13-24(21)29)25(30)14-17-32-23-9-2-1-3-10-23/h1-4,6,8-12,18,21,24H,5,7,13-17,19H2/t21-,24+/m1/s1. The molecule has 2 saturated heterocycles. The van der Waals surface area contributed by atoms with E-state index in [0.29, 0.717) is 37.6 Å². The fourth-order valence-corrected chi connectivity index (χ4v) is 4.71. The van der Waals surface area contributed by atoms with Crippen molar-refractivity contribution in [2.75, 3.05) is 26.2 Å². The van der Waals surface area contributed by atoms with Gasteiger partial charge in [-0.3, -0.25) is 9.59 Å². The number of nitrogens with zero attached hydrogens (tertiary/aromatic N) is 2. The van der Waals surface area contributed by atoms with Crippen LogP contribution in [-0.2, 0) is 9.59 Å². The number of halogens is 1. The van der Waals surface area contributed by atoms with E-state index in [-0.39, 0.29) is 23.7 Å². The maximum Gasteiger partial charge on any atom is 0.246 e. The summed E-state index contributed by atoms with van der Waals surface area (Å²) in [5, 5.41) is 0. The first-order valence-corrected chi connectivity index (χ1v) is 11.3. The molecule has 2 aromatic carbocycles. The molecule has 0 aromatic heterocycles. The smallest absolute Gasteiger partial charge is 0.246 e. The predicted octanol–water partition coefficient (Wildman–Crippen LogP) is 4.15. The Morgan fingerprint density at radius 1 is 1.06 bits per heavy atom. The Kier molecular flexibility index (Phi) is 7.20. The first kappa shape index (κ1) is 22.1. The molecule has 0 spiro atoms. The summed E-state index contributed by atoms with van der Waals surface area (Å²) in [6.45, 7) is 2.43. The van der Waals surface area contributed by atoms with Crippen LogP contribution in [0.15, 0.2) is 60.7 Å². The summed E-state index contributed by atoms with van der Waals surface area (Å²) in [5.41, 5.74) is 0.671. The number of hydrogen-bond acceptors (Lipinski definition) is 3. The van der Waals surface area contributed by atoms with E-state index >= 15 is 0 Å². The molecule has 0 aliphatic carbocycles. The van der Waals surface area contributed by atoms with Crippen molar-refractivity contribution in [2.24, 2.45) is 5.92 Å². The lowest BCUT2D eigenvalue weighted by atomic mass is 9.83. The zero-order chi connectivity index (χ0) is 22.3. The van der Waals surface area contributed by atoms with Crippen LogP contribution >= 0.6 is 0 Å². The summed E-state index contributed by atoms with van der Waals surface area (Å²) in [4.78, 5) is 29.4. The third-order valence-electron chi connectivity index (χ3n) is 6.30. The molecule has 168 valence electrons. The minimum Gasteiger partial charge on any atom is -0.493 e. The number of piperidine rings is 2. The van der Waals surface area contributed by atoms with Crippen LogP contribution in [0.3, 0.4) is 0 Å². The average Bonchev–Trinajstić information content (AvgIpc) is 2.82. The highest BCUT2D eigenvalue weighted by Crippen LogP contribution is 2.31. The number of benzene rings is 2. The van der Waals surface area contributed by atoms with Crippen LogP contribution in [0.5, 0.6) is 5.75 Å². The third-order valence-corrected chi connectivity index (χ3v) is 6.30. The number of para-hydroxylation sites is 1. The van der Waals surface area contributed by atoms with Gasteiger partial charge < -0.3 is 14.5 Å². The van der Waals surface area contributed by atoms with E-state index in [9.17, 15) is 14.0 Å². The topological polar surface area (TPSA) is 49.9 Å². The van der Waals surface area contributed by atoms with Gasteiger partial charge in [-0.25, -0.2) is 4.39 Å². The lowest BCUT2D eigenvalue weighted by Gasteiger charge is -2.47. The molecule has 0 unspecified atom stereocenters. The van der Waals surface area contributed by atoms with Crippen LogP contribution in [0, 0.1) is 11.7 Å². The van der Waals surface area contributed by atoms with Crippen molar-refractivity contribution >= 4 is 17.9 Å². The van der Waals surface area contributed by atoms with Gasteiger partial charge in [0, 0.05) is 31.8 Å². The number of fused-ring (bicyclic) bond motifs is 1. The highest BCUT2D eigenvalue weighted by Gasteiger charge is 2.38. The minimum absolute atomic E-state index is 0.0417. The SMILES string of the molecule is O=C(CCOc1ccccc1)N1CC[C@H]2[C@H](CCCN2C(=O)C=Cc2cccc(F)c2)C1. The summed E-state index contributed by atoms with van der Waals surface area (Å²) in [6.07, 6.45) is 6.29. The van der Waals surface area contributed by atoms with Crippen molar-refractivity contribution in [3.05, 3.63) is 72.1 Å². The zero-order valence-corrected chi connectivity index (χ0v) is 18.2. The molecule has 2 heterocycles. The van der Waals surface area contributed by atoms with Gasteiger partial charge in [0.05, 0.1) is 13.0 Å². The molecule has 2 atom stereocenters. The fraction of sp³-hybridized carbons (Fsp3) is 0.385. The minimum atomic E-state index is -0.316. The summed E-state index contributed by atoms with van der Waals surface area (Å²) < 4.78 is 19.0. The van der Waals surface area contributed by atoms with Crippen LogP contribution in [0.4, 0.5) is 4.39 Å². The summed E-state index contributed by atoms with van der Waals surface area (Å²) in [6, 6.07) is 15.9. The monoisotopic (exact) mass is 436 g/mol. The Morgan fingerprint density at radius 2 is 1.91 bits per heavy atom. The lowest BCUT2D eigenvalue weighted by molar-refractivity contribution is -0.139. The highest BCUT2D eigenvalue weighted by molar-refractivity contribution is 5.92. The molecule has 2 aliphatic rings. The van der Waals surface area contributed by atoms with Crippen molar-refractivity contribution in [3.63, 3.8) is 0 Å². The van der Waals surface area contributed by atoms with Gasteiger partial charge >= 0.3 is 0 Å². The van der Waals surface area contributed by atoms with Crippen LogP contribution in [0.2, 0.25) is 0 Å². The van der Waals surface area contributed by atoms with E-state index in [1.54, 1.807) is 18.2 Å². The Labute approximate surface area is 188 Å². The number of carbonyl (C=O) groups excluding carboxylic acids is 2. The van der Waals surface area contributed by atoms with E-state index in [4.69, 9.17) is 4.74 Å². The van der Waals surface area contributed by atoms with Gasteiger partial charge in [-0.05, 0) is 61.1 Å². The summed E-state index contributed by atoms with van der Waals surface area (Å²) in [5.74, 6) is 0.812. The number of rotatable bonds is 6. The predicted molar refractivity (Wildman–Crippen MR) is 121 cm³/mol. The second-order valence-electron chi connectivity index (χ2n) is 8.43. The molecule has 5 nitrogen and oxygen atoms in total. The molecular weight excluding hydrogens is 407 g/mol. The average molecular weight is 437 g/mol. The Bertz CT molecular complexity index is 963. The number of amides is 2. The molecule has 2 amide bonds. The molecule has 2 fully saturated rings. The van der Waals surface area contributed by atoms with E-state index in [1.165, 1.54) is 18.2 Å². The van der Waals surface area contributed by atoms with Crippen LogP contribution in [-0.4, -0.2) is 53.9 Å². The fourth-order valence-electron chi connectivity index (χ4n) is 4.71. The van der Waals surface area contributed by atoms with Gasteiger partial charge in [0.1, 0.15) is 11.6 Å². The Hall–Kier alpha value is -3.15. The van der Waals surface area contributed by atoms with Crippen molar-refractivity contribution < 1.29 is 18.7 Å². The van der Waals surface area contributed by atoms with Crippen molar-refractivity contribution in [3.8, 4) is 5.75 Å². The van der Waals surface area contributed by atoms with Gasteiger partial charge in [-0.15, -0.1) is 0 Å². The first-order valence-electron chi connectivity index (χ1n) is 11.3. The van der Waals surface area contributed by atoms with Gasteiger partial charge in [-0.1, -0.05) is 30.3 Å². The number of ether oxygens (including phenoxy) is 1. The van der Waals surface area contributed by atoms with Crippen molar-refractivity contribution in [2.45, 2.75) is 31.7 Å². The Balaban J connectivity index is 1.29. The second-order valence-corrected chi connectivity index (χ2v) is 8.43. The summed E-state index contributed by atoms with van der Waals surface area (Å²) in [7, 11) is 0. The van der Waals surface area contributed by atoms with Gasteiger partial charge in [-0.2, -0.15) is 0 Å². The third kappa shape index (κ3) is 5.55. The van der Waals surface area contributed by atoms with Crippen molar-refractivity contribution in [1.82, 2.24) is 9.80 Å². The van der Waals surface area contributed by atoms with Crippen molar-refractivity contribution in [1.29, 1.82) is 0 Å². The molecule has 0 N–H and O–H groups in total. The molecular formula is C26H29FN2O3. The summed E-state index contributed by atoms with van der Waals surface area (Å²) >= 11 is 0. The molecule has 0 saturated carbocycles. The lowest BCUT2D eigenvalue weighted by Crippen LogP contribution is -2.56. The molecule has 0 radical (unpaired) electrons. The highest BCUT2D eigenvalue weighted by atomic mass is 19.1. The van der Waals surface area contributed by atoms with Gasteiger partial charge in [0.15, 0.2) is 0 Å². The first-order chi connectivity index (χ1) is 15.6. The second kappa shape index (κ2) is 10.4. The van der Waals surface area contributed by atoms with Gasteiger partial charge in [0.25, 0.3) is 0 Å². The number of likely N-dealkylation sites (tertiary alicyclic amines) is 2. The van der Waals surface area contributed by atoms with E-state index in [1.807, 2.05) is 40.1 Å². The molecule has 2 aromatic rings. The number of carbonyl (C=O) groups is 2. The quantitative estimate of drug-likeness (QED) is 0.640. The molecule has 32 heavy (non-hydrogen) atoms. The van der Waals surface area contributed by atoms with Crippen LogP contribution in [0.1, 0.15) is 31.2 Å². The maximum atomic E-state index is 13.4. The maximum absolute atomic E-state index is 13.4. The van der Waals surface area contributed by atoms with Crippen LogP contribution in [0.25, 0.3) is 6.08 Å². The molecule has 2 aliphatic heterocycles. The zero-order valence-electron chi connectivity index (χ0n) is 18.2. The van der Waals surface area contributed by atoms with E-state index in [0.717, 1.165) is 31.6 Å². The van der Waals surface area contributed by atoms with E-state index in [2.05, 4.69) is 0 Å². The van der Waals surface area contributed by atoms with Gasteiger partial charge in [0.2, 0.25) is 11.8 Å². The Morgan fingerprint density at radius 3 is 2.72 bits per heavy atom. The largest absolute Gasteiger partial charge is 0.493 e. The molecule has 4 rings (SSSR count).